The highest BCUT2D eigenvalue weighted by molar-refractivity contribution is 5.96. The number of pyridine rings is 1. The molecule has 1 aliphatic rings. The van der Waals surface area contributed by atoms with Crippen LogP contribution in [0.15, 0.2) is 42.9 Å². The van der Waals surface area contributed by atoms with Crippen molar-refractivity contribution in [2.24, 2.45) is 13.0 Å². The number of aromatic nitrogens is 3. The quantitative estimate of drug-likeness (QED) is 0.713. The van der Waals surface area contributed by atoms with E-state index in [1.165, 1.54) is 0 Å². The number of nitrogens with zero attached hydrogens (tertiary/aromatic N) is 4. The minimum Gasteiger partial charge on any atom is -0.493 e. The van der Waals surface area contributed by atoms with Gasteiger partial charge in [0, 0.05) is 32.3 Å². The highest BCUT2D eigenvalue weighted by Crippen LogP contribution is 2.22. The van der Waals surface area contributed by atoms with Gasteiger partial charge in [-0.15, -0.1) is 0 Å². The largest absolute Gasteiger partial charge is 0.493 e. The van der Waals surface area contributed by atoms with Crippen molar-refractivity contribution < 1.29 is 9.53 Å². The molecule has 1 atom stereocenters. The number of imidazole rings is 1. The molecule has 1 fully saturated rings. The maximum atomic E-state index is 12.9. The molecule has 0 radical (unpaired) electrons. The molecule has 0 aliphatic carbocycles. The molecule has 0 bridgehead atoms. The van der Waals surface area contributed by atoms with Crippen molar-refractivity contribution in [2.75, 3.05) is 19.7 Å². The van der Waals surface area contributed by atoms with E-state index in [9.17, 15) is 4.79 Å². The lowest BCUT2D eigenvalue weighted by Crippen LogP contribution is -2.41. The number of piperidine rings is 1. The number of carbonyl (C=O) groups is 1. The molecule has 3 heterocycles. The molecule has 0 saturated carbocycles. The summed E-state index contributed by atoms with van der Waals surface area (Å²) in [6, 6.07) is 9.87. The van der Waals surface area contributed by atoms with Crippen LogP contribution in [-0.4, -0.2) is 45.0 Å². The normalized spacial score (nSPS) is 17.3. The Morgan fingerprint density at radius 3 is 3.00 bits per heavy atom. The summed E-state index contributed by atoms with van der Waals surface area (Å²) < 4.78 is 7.86. The lowest BCUT2D eigenvalue weighted by Gasteiger charge is -2.32. The molecule has 0 spiro atoms. The molecule has 1 aromatic carbocycles. The summed E-state index contributed by atoms with van der Waals surface area (Å²) in [6.45, 7) is 4.17. The van der Waals surface area contributed by atoms with Crippen molar-refractivity contribution in [3.63, 3.8) is 0 Å². The molecule has 1 unspecified atom stereocenters. The second-order valence-electron chi connectivity index (χ2n) is 7.26. The Bertz CT molecular complexity index is 966. The van der Waals surface area contributed by atoms with Gasteiger partial charge in [0.1, 0.15) is 11.3 Å². The molecule has 1 saturated heterocycles. The van der Waals surface area contributed by atoms with Crippen LogP contribution in [0.1, 0.15) is 28.8 Å². The SMILES string of the molecule is Cc1ccccc1OCC1CCCN(C(=O)c2cnc3c(c2)ncn3C)C1. The number of aryl methyl sites for hydroxylation is 2. The number of benzene rings is 1. The van der Waals surface area contributed by atoms with Crippen LogP contribution < -0.4 is 4.74 Å². The fraction of sp³-hybridized carbons (Fsp3) is 0.381. The maximum Gasteiger partial charge on any atom is 0.255 e. The molecule has 6 nitrogen and oxygen atoms in total. The van der Waals surface area contributed by atoms with Crippen molar-refractivity contribution in [1.82, 2.24) is 19.4 Å². The first-order valence-corrected chi connectivity index (χ1v) is 9.36. The molecule has 1 amide bonds. The van der Waals surface area contributed by atoms with Crippen LogP contribution in [0.2, 0.25) is 0 Å². The van der Waals surface area contributed by atoms with Crippen LogP contribution in [0.4, 0.5) is 0 Å². The third kappa shape index (κ3) is 3.65. The fourth-order valence-corrected chi connectivity index (χ4v) is 3.63. The molecule has 140 valence electrons. The third-order valence-electron chi connectivity index (χ3n) is 5.17. The van der Waals surface area contributed by atoms with Gasteiger partial charge in [0.15, 0.2) is 5.65 Å². The number of rotatable bonds is 4. The number of likely N-dealkylation sites (tertiary alicyclic amines) is 1. The van der Waals surface area contributed by atoms with Crippen LogP contribution >= 0.6 is 0 Å². The summed E-state index contributed by atoms with van der Waals surface area (Å²) in [5.74, 6) is 1.29. The summed E-state index contributed by atoms with van der Waals surface area (Å²) in [5.41, 5.74) is 3.27. The number of ether oxygens (including phenoxy) is 1. The van der Waals surface area contributed by atoms with E-state index in [0.29, 0.717) is 24.6 Å². The van der Waals surface area contributed by atoms with Gasteiger partial charge in [-0.2, -0.15) is 0 Å². The molecular weight excluding hydrogens is 340 g/mol. The topological polar surface area (TPSA) is 60.2 Å². The first-order chi connectivity index (χ1) is 13.1. The zero-order valence-corrected chi connectivity index (χ0v) is 15.8. The van der Waals surface area contributed by atoms with Gasteiger partial charge in [-0.1, -0.05) is 18.2 Å². The molecule has 27 heavy (non-hydrogen) atoms. The summed E-state index contributed by atoms with van der Waals surface area (Å²) in [7, 11) is 1.90. The van der Waals surface area contributed by atoms with Gasteiger partial charge in [-0.3, -0.25) is 4.79 Å². The van der Waals surface area contributed by atoms with E-state index in [-0.39, 0.29) is 5.91 Å². The standard InChI is InChI=1S/C21H24N4O2/c1-15-6-3-4-8-19(15)27-13-16-7-5-9-25(12-16)21(26)17-10-18-20(22-11-17)24(2)14-23-18/h3-4,6,8,10-11,14,16H,5,7,9,12-13H2,1-2H3. The van der Waals surface area contributed by atoms with Crippen LogP contribution in [-0.2, 0) is 7.05 Å². The monoisotopic (exact) mass is 364 g/mol. The summed E-state index contributed by atoms with van der Waals surface area (Å²) in [5, 5.41) is 0. The Morgan fingerprint density at radius 1 is 1.30 bits per heavy atom. The Kier molecular flexibility index (Phi) is 4.79. The highest BCUT2D eigenvalue weighted by atomic mass is 16.5. The van der Waals surface area contributed by atoms with Gasteiger partial charge in [-0.25, -0.2) is 9.97 Å². The minimum absolute atomic E-state index is 0.0237. The second kappa shape index (κ2) is 7.39. The van der Waals surface area contributed by atoms with Gasteiger partial charge in [0.25, 0.3) is 5.91 Å². The lowest BCUT2D eigenvalue weighted by atomic mass is 9.98. The Hall–Kier alpha value is -2.89. The fourth-order valence-electron chi connectivity index (χ4n) is 3.63. The van der Waals surface area contributed by atoms with E-state index in [2.05, 4.69) is 9.97 Å². The van der Waals surface area contributed by atoms with Crippen LogP contribution in [0.5, 0.6) is 5.75 Å². The van der Waals surface area contributed by atoms with Crippen molar-refractivity contribution in [3.8, 4) is 5.75 Å². The number of carbonyl (C=O) groups excluding carboxylic acids is 1. The van der Waals surface area contributed by atoms with Gasteiger partial charge >= 0.3 is 0 Å². The summed E-state index contributed by atoms with van der Waals surface area (Å²) >= 11 is 0. The molecule has 3 aromatic rings. The summed E-state index contributed by atoms with van der Waals surface area (Å²) in [4.78, 5) is 23.5. The zero-order chi connectivity index (χ0) is 18.8. The Labute approximate surface area is 158 Å². The Balaban J connectivity index is 1.42. The maximum absolute atomic E-state index is 12.9. The van der Waals surface area contributed by atoms with E-state index in [1.54, 1.807) is 12.5 Å². The second-order valence-corrected chi connectivity index (χ2v) is 7.26. The smallest absolute Gasteiger partial charge is 0.255 e. The number of para-hydroxylation sites is 1. The van der Waals surface area contributed by atoms with E-state index in [1.807, 2.05) is 53.8 Å². The minimum atomic E-state index is 0.0237. The van der Waals surface area contributed by atoms with Gasteiger partial charge in [0.05, 0.1) is 18.5 Å². The average Bonchev–Trinajstić information content (AvgIpc) is 3.07. The van der Waals surface area contributed by atoms with E-state index < -0.39 is 0 Å². The number of amides is 1. The lowest BCUT2D eigenvalue weighted by molar-refractivity contribution is 0.0632. The zero-order valence-electron chi connectivity index (χ0n) is 15.8. The summed E-state index contributed by atoms with van der Waals surface area (Å²) in [6.07, 6.45) is 5.44. The molecule has 4 rings (SSSR count). The third-order valence-corrected chi connectivity index (χ3v) is 5.17. The number of fused-ring (bicyclic) bond motifs is 1. The van der Waals surface area contributed by atoms with Crippen molar-refractivity contribution in [2.45, 2.75) is 19.8 Å². The molecule has 1 aliphatic heterocycles. The van der Waals surface area contributed by atoms with E-state index in [0.717, 1.165) is 41.9 Å². The van der Waals surface area contributed by atoms with Crippen LogP contribution in [0, 0.1) is 12.8 Å². The van der Waals surface area contributed by atoms with E-state index in [4.69, 9.17) is 4.74 Å². The van der Waals surface area contributed by atoms with Crippen molar-refractivity contribution in [1.29, 1.82) is 0 Å². The van der Waals surface area contributed by atoms with Gasteiger partial charge in [-0.05, 0) is 37.5 Å². The predicted molar refractivity (Wildman–Crippen MR) is 104 cm³/mol. The predicted octanol–water partition coefficient (Wildman–Crippen LogP) is 3.21. The van der Waals surface area contributed by atoms with Gasteiger partial charge < -0.3 is 14.2 Å². The van der Waals surface area contributed by atoms with Crippen molar-refractivity contribution in [3.05, 3.63) is 54.0 Å². The number of hydrogen-bond acceptors (Lipinski definition) is 4. The van der Waals surface area contributed by atoms with Gasteiger partial charge in [0.2, 0.25) is 0 Å². The Morgan fingerprint density at radius 2 is 2.15 bits per heavy atom. The number of hydrogen-bond donors (Lipinski definition) is 0. The molecule has 6 heteroatoms. The molecule has 0 N–H and O–H groups in total. The van der Waals surface area contributed by atoms with Crippen LogP contribution in [0.25, 0.3) is 11.2 Å². The first kappa shape index (κ1) is 17.5. The van der Waals surface area contributed by atoms with Crippen LogP contribution in [0.3, 0.4) is 0 Å². The average molecular weight is 364 g/mol. The molecule has 2 aromatic heterocycles. The van der Waals surface area contributed by atoms with E-state index >= 15 is 0 Å². The first-order valence-electron chi connectivity index (χ1n) is 9.36. The molecular formula is C21H24N4O2. The van der Waals surface area contributed by atoms with Crippen molar-refractivity contribution >= 4 is 17.1 Å². The highest BCUT2D eigenvalue weighted by Gasteiger charge is 2.25.